The first-order valence-electron chi connectivity index (χ1n) is 4.82. The fraction of sp³-hybridized carbons (Fsp3) is 0.700. The third kappa shape index (κ3) is 7.03. The molecule has 0 heterocycles. The summed E-state index contributed by atoms with van der Waals surface area (Å²) in [6.07, 6.45) is -1.10. The van der Waals surface area contributed by atoms with Crippen molar-refractivity contribution in [2.24, 2.45) is 0 Å². The monoisotopic (exact) mass is 226 g/mol. The van der Waals surface area contributed by atoms with Gasteiger partial charge in [0, 0.05) is 20.3 Å². The van der Waals surface area contributed by atoms with Crippen LogP contribution in [0.1, 0.15) is 34.1 Å². The number of Topliss-reactive ketones (excluding diaryl/α,β-unsaturated/α-hetero) is 1. The van der Waals surface area contributed by atoms with Gasteiger partial charge in [-0.15, -0.1) is 0 Å². The van der Waals surface area contributed by atoms with Crippen molar-refractivity contribution in [3.05, 3.63) is 0 Å². The normalized spacial score (nSPS) is 12.8. The molecule has 0 bridgehead atoms. The second-order valence-electron chi connectivity index (χ2n) is 4.18. The predicted molar refractivity (Wildman–Crippen MR) is 56.7 cm³/mol. The maximum Gasteiger partial charge on any atom is 0.377 e. The van der Waals surface area contributed by atoms with Crippen LogP contribution in [0.4, 0.5) is 0 Å². The van der Waals surface area contributed by atoms with Crippen LogP contribution in [-0.2, 0) is 23.9 Å². The van der Waals surface area contributed by atoms with Gasteiger partial charge in [0.25, 0.3) is 0 Å². The maximum absolute atomic E-state index is 11.2. The zero-order valence-electron chi connectivity index (χ0n) is 9.90. The first-order chi connectivity index (χ1) is 7.11. The Morgan fingerprint density at radius 3 is 2.12 bits per heavy atom. The molecule has 0 saturated heterocycles. The lowest BCUT2D eigenvalue weighted by atomic mass is 9.70. The van der Waals surface area contributed by atoms with Crippen molar-refractivity contribution in [2.45, 2.75) is 45.7 Å². The molecular weight excluding hydrogens is 211 g/mol. The summed E-state index contributed by atoms with van der Waals surface area (Å²) < 4.78 is 9.26. The van der Waals surface area contributed by atoms with Gasteiger partial charge in [0.1, 0.15) is 0 Å². The van der Waals surface area contributed by atoms with Gasteiger partial charge < -0.3 is 9.47 Å². The van der Waals surface area contributed by atoms with Crippen LogP contribution in [0.5, 0.6) is 0 Å². The van der Waals surface area contributed by atoms with E-state index >= 15 is 0 Å². The summed E-state index contributed by atoms with van der Waals surface area (Å²) in [5, 5.41) is -0.693. The van der Waals surface area contributed by atoms with Crippen LogP contribution < -0.4 is 0 Å². The average Bonchev–Trinajstić information content (AvgIpc) is 1.98. The minimum atomic E-state index is -1.09. The van der Waals surface area contributed by atoms with Gasteiger partial charge in [-0.2, -0.15) is 0 Å². The van der Waals surface area contributed by atoms with Gasteiger partial charge in [0.2, 0.25) is 12.1 Å². The number of esters is 2. The smallest absolute Gasteiger partial charge is 0.377 e. The molecule has 6 heteroatoms. The largest absolute Gasteiger partial charge is 0.425 e. The van der Waals surface area contributed by atoms with E-state index in [1.165, 1.54) is 6.92 Å². The van der Waals surface area contributed by atoms with Gasteiger partial charge in [0.15, 0.2) is 0 Å². The van der Waals surface area contributed by atoms with Crippen LogP contribution in [-0.4, -0.2) is 31.9 Å². The van der Waals surface area contributed by atoms with Crippen molar-refractivity contribution in [1.29, 1.82) is 0 Å². The Morgan fingerprint density at radius 1 is 1.25 bits per heavy atom. The lowest BCUT2D eigenvalue weighted by Crippen LogP contribution is -2.26. The van der Waals surface area contributed by atoms with E-state index in [9.17, 15) is 14.4 Å². The van der Waals surface area contributed by atoms with Gasteiger partial charge in [-0.1, -0.05) is 19.2 Å². The topological polar surface area (TPSA) is 69.7 Å². The molecular formula is C10H15BO5. The van der Waals surface area contributed by atoms with E-state index in [0.717, 1.165) is 6.92 Å². The number of ketones is 1. The number of ether oxygens (including phenoxy) is 2. The number of carbonyl (C=O) groups is 3. The van der Waals surface area contributed by atoms with Gasteiger partial charge in [0.05, 0.1) is 7.85 Å². The van der Waals surface area contributed by atoms with Gasteiger partial charge in [-0.05, 0) is 0 Å². The second-order valence-corrected chi connectivity index (χ2v) is 4.18. The van der Waals surface area contributed by atoms with Gasteiger partial charge >= 0.3 is 11.9 Å². The minimum Gasteiger partial charge on any atom is -0.425 e. The lowest BCUT2D eigenvalue weighted by Gasteiger charge is -2.19. The first-order valence-corrected chi connectivity index (χ1v) is 4.82. The molecule has 0 aliphatic heterocycles. The molecule has 5 nitrogen and oxygen atoms in total. The molecule has 0 spiro atoms. The summed E-state index contributed by atoms with van der Waals surface area (Å²) in [5.41, 5.74) is 0. The molecule has 2 radical (unpaired) electrons. The highest BCUT2D eigenvalue weighted by Crippen LogP contribution is 2.24. The van der Waals surface area contributed by atoms with Crippen LogP contribution in [0.25, 0.3) is 0 Å². The lowest BCUT2D eigenvalue weighted by molar-refractivity contribution is -0.186. The molecule has 0 rings (SSSR count). The zero-order valence-corrected chi connectivity index (χ0v) is 9.90. The molecule has 0 aromatic carbocycles. The predicted octanol–water partition coefficient (Wildman–Crippen LogP) is 0.765. The van der Waals surface area contributed by atoms with E-state index in [0.29, 0.717) is 0 Å². The van der Waals surface area contributed by atoms with Crippen LogP contribution in [0.3, 0.4) is 0 Å². The van der Waals surface area contributed by atoms with Crippen molar-refractivity contribution in [2.75, 3.05) is 0 Å². The van der Waals surface area contributed by atoms with Crippen molar-refractivity contribution in [3.63, 3.8) is 0 Å². The highest BCUT2D eigenvalue weighted by Gasteiger charge is 2.21. The summed E-state index contributed by atoms with van der Waals surface area (Å²) >= 11 is 0. The highest BCUT2D eigenvalue weighted by atomic mass is 16.7. The quantitative estimate of drug-likeness (QED) is 0.299. The molecule has 0 aromatic heterocycles. The Labute approximate surface area is 95.9 Å². The molecule has 0 N–H and O–H groups in total. The molecule has 88 valence electrons. The van der Waals surface area contributed by atoms with Gasteiger partial charge in [-0.3, -0.25) is 9.59 Å². The molecule has 16 heavy (non-hydrogen) atoms. The van der Waals surface area contributed by atoms with Crippen molar-refractivity contribution < 1.29 is 23.9 Å². The second kappa shape index (κ2) is 5.68. The Kier molecular flexibility index (Phi) is 5.21. The standard InChI is InChI=1S/C10H15BO5/c1-6(12)9(14)16-7(2)15-8(13)5-10(3,4)11/h7H,5H2,1-4H3. The first kappa shape index (κ1) is 14.7. The number of carbonyl (C=O) groups excluding carboxylic acids is 3. The maximum atomic E-state index is 11.2. The Balaban J connectivity index is 4.06. The average molecular weight is 226 g/mol. The Bertz CT molecular complexity index is 292. The number of hydrogen-bond acceptors (Lipinski definition) is 5. The van der Waals surface area contributed by atoms with Crippen LogP contribution in [0.2, 0.25) is 5.31 Å². The molecule has 1 atom stereocenters. The van der Waals surface area contributed by atoms with Crippen LogP contribution in [0, 0.1) is 0 Å². The highest BCUT2D eigenvalue weighted by molar-refractivity contribution is 6.32. The van der Waals surface area contributed by atoms with Gasteiger partial charge in [-0.25, -0.2) is 4.79 Å². The molecule has 0 amide bonds. The number of hydrogen-bond donors (Lipinski definition) is 0. The molecule has 0 aromatic rings. The summed E-state index contributed by atoms with van der Waals surface area (Å²) in [5.74, 6) is -2.37. The molecule has 1 unspecified atom stereocenters. The van der Waals surface area contributed by atoms with E-state index in [2.05, 4.69) is 4.74 Å². The van der Waals surface area contributed by atoms with E-state index in [1.807, 2.05) is 0 Å². The summed E-state index contributed by atoms with van der Waals surface area (Å²) in [6.45, 7) is 5.75. The summed E-state index contributed by atoms with van der Waals surface area (Å²) in [6, 6.07) is 0. The fourth-order valence-electron chi connectivity index (χ4n) is 0.857. The van der Waals surface area contributed by atoms with Crippen molar-refractivity contribution in [3.8, 4) is 0 Å². The minimum absolute atomic E-state index is 0.00500. The summed E-state index contributed by atoms with van der Waals surface area (Å²) in [4.78, 5) is 32.6. The van der Waals surface area contributed by atoms with Crippen LogP contribution in [0.15, 0.2) is 0 Å². The van der Waals surface area contributed by atoms with Crippen molar-refractivity contribution >= 4 is 25.6 Å². The zero-order chi connectivity index (χ0) is 12.9. The summed E-state index contributed by atoms with van der Waals surface area (Å²) in [7, 11) is 5.60. The fourth-order valence-corrected chi connectivity index (χ4v) is 0.857. The van der Waals surface area contributed by atoms with E-state index in [-0.39, 0.29) is 6.42 Å². The third-order valence-electron chi connectivity index (χ3n) is 1.46. The van der Waals surface area contributed by atoms with Crippen molar-refractivity contribution in [1.82, 2.24) is 0 Å². The molecule has 0 aliphatic rings. The molecule has 0 saturated carbocycles. The van der Waals surface area contributed by atoms with E-state index < -0.39 is 29.3 Å². The van der Waals surface area contributed by atoms with Crippen LogP contribution >= 0.6 is 0 Å². The Hall–Kier alpha value is -1.33. The van der Waals surface area contributed by atoms with E-state index in [4.69, 9.17) is 12.6 Å². The van der Waals surface area contributed by atoms with E-state index in [1.54, 1.807) is 13.8 Å². The third-order valence-corrected chi connectivity index (χ3v) is 1.46. The number of rotatable bonds is 5. The SMILES string of the molecule is [B]C(C)(C)CC(=O)OC(C)OC(=O)C(C)=O. The molecule has 0 fully saturated rings. The molecule has 0 aliphatic carbocycles. The Morgan fingerprint density at radius 2 is 1.75 bits per heavy atom.